The lowest BCUT2D eigenvalue weighted by Gasteiger charge is -2.23. The van der Waals surface area contributed by atoms with E-state index in [1.54, 1.807) is 6.92 Å². The molecule has 1 aromatic rings. The predicted molar refractivity (Wildman–Crippen MR) is 79.1 cm³/mol. The van der Waals surface area contributed by atoms with Crippen molar-refractivity contribution >= 4 is 17.3 Å². The molecule has 0 aliphatic heterocycles. The van der Waals surface area contributed by atoms with Gasteiger partial charge in [-0.3, -0.25) is 10.1 Å². The van der Waals surface area contributed by atoms with Crippen LogP contribution in [0.1, 0.15) is 33.6 Å². The first-order valence-electron chi connectivity index (χ1n) is 6.74. The lowest BCUT2D eigenvalue weighted by atomic mass is 10.0. The van der Waals surface area contributed by atoms with Crippen LogP contribution >= 0.6 is 0 Å². The van der Waals surface area contributed by atoms with Crippen molar-refractivity contribution in [2.24, 2.45) is 0 Å². The number of anilines is 2. The minimum Gasteiger partial charge on any atom is -0.388 e. The van der Waals surface area contributed by atoms with Gasteiger partial charge in [0.25, 0.3) is 5.69 Å². The van der Waals surface area contributed by atoms with E-state index in [9.17, 15) is 15.2 Å². The van der Waals surface area contributed by atoms with Crippen molar-refractivity contribution in [3.05, 3.63) is 22.2 Å². The summed E-state index contributed by atoms with van der Waals surface area (Å²) in [4.78, 5) is 14.7. The zero-order chi connectivity index (χ0) is 15.2. The lowest BCUT2D eigenvalue weighted by Crippen LogP contribution is -2.33. The van der Waals surface area contributed by atoms with Gasteiger partial charge in [-0.1, -0.05) is 13.3 Å². The largest absolute Gasteiger partial charge is 0.388 e. The van der Waals surface area contributed by atoms with Crippen molar-refractivity contribution in [3.63, 3.8) is 0 Å². The third kappa shape index (κ3) is 5.00. The van der Waals surface area contributed by atoms with Crippen molar-refractivity contribution in [1.82, 2.24) is 4.98 Å². The summed E-state index contributed by atoms with van der Waals surface area (Å²) in [5.74, 6) is 0.825. The summed E-state index contributed by atoms with van der Waals surface area (Å²) in [6, 6.07) is 2.75. The van der Waals surface area contributed by atoms with Crippen molar-refractivity contribution < 1.29 is 10.0 Å². The smallest absolute Gasteiger partial charge is 0.276 e. The summed E-state index contributed by atoms with van der Waals surface area (Å²) in [7, 11) is 0. The first-order chi connectivity index (χ1) is 9.38. The van der Waals surface area contributed by atoms with E-state index < -0.39 is 10.5 Å². The van der Waals surface area contributed by atoms with Gasteiger partial charge in [-0.15, -0.1) is 0 Å². The fraction of sp³-hybridized carbons (Fsp3) is 0.615. The van der Waals surface area contributed by atoms with Crippen LogP contribution in [0.2, 0.25) is 0 Å². The highest BCUT2D eigenvalue weighted by Crippen LogP contribution is 2.21. The van der Waals surface area contributed by atoms with E-state index in [2.05, 4.69) is 15.6 Å². The van der Waals surface area contributed by atoms with Gasteiger partial charge in [0.05, 0.1) is 22.7 Å². The lowest BCUT2D eigenvalue weighted by molar-refractivity contribution is -0.384. The maximum absolute atomic E-state index is 10.9. The van der Waals surface area contributed by atoms with Crippen LogP contribution in [0.3, 0.4) is 0 Å². The van der Waals surface area contributed by atoms with Crippen molar-refractivity contribution in [2.75, 3.05) is 23.7 Å². The average Bonchev–Trinajstić information content (AvgIpc) is 2.36. The zero-order valence-electron chi connectivity index (χ0n) is 12.1. The second-order valence-electron chi connectivity index (χ2n) is 4.98. The molecule has 1 rings (SSSR count). The molecule has 0 spiro atoms. The molecule has 0 aliphatic carbocycles. The standard InChI is InChI=1S/C13H22N4O3/c1-4-6-13(3,18)9-15-12-8-10(17(19)20)7-11(16-12)14-5-2/h7-8,18H,4-6,9H2,1-3H3,(H2,14,15,16). The summed E-state index contributed by atoms with van der Waals surface area (Å²) in [6.07, 6.45) is 1.51. The Hall–Kier alpha value is -1.89. The molecule has 0 saturated carbocycles. The number of pyridine rings is 1. The number of nitro groups is 1. The third-order valence-corrected chi connectivity index (χ3v) is 2.82. The van der Waals surface area contributed by atoms with Crippen LogP contribution in [0.25, 0.3) is 0 Å². The maximum Gasteiger partial charge on any atom is 0.276 e. The molecule has 20 heavy (non-hydrogen) atoms. The summed E-state index contributed by atoms with van der Waals surface area (Å²) in [5, 5.41) is 26.9. The van der Waals surface area contributed by atoms with E-state index >= 15 is 0 Å². The van der Waals surface area contributed by atoms with Gasteiger partial charge < -0.3 is 15.7 Å². The van der Waals surface area contributed by atoms with E-state index in [0.717, 1.165) is 6.42 Å². The molecule has 112 valence electrons. The quantitative estimate of drug-likeness (QED) is 0.500. The Labute approximate surface area is 118 Å². The summed E-state index contributed by atoms with van der Waals surface area (Å²) < 4.78 is 0. The average molecular weight is 282 g/mol. The Morgan fingerprint density at radius 2 is 1.95 bits per heavy atom. The number of hydrogen-bond acceptors (Lipinski definition) is 6. The number of hydrogen-bond donors (Lipinski definition) is 3. The van der Waals surface area contributed by atoms with Gasteiger partial charge in [0.15, 0.2) is 0 Å². The normalized spacial score (nSPS) is 13.6. The maximum atomic E-state index is 10.9. The molecule has 0 radical (unpaired) electrons. The number of aromatic nitrogens is 1. The molecule has 0 bridgehead atoms. The van der Waals surface area contributed by atoms with Crippen LogP contribution in [0.4, 0.5) is 17.3 Å². The van der Waals surface area contributed by atoms with E-state index in [4.69, 9.17) is 0 Å². The Morgan fingerprint density at radius 1 is 1.35 bits per heavy atom. The Kier molecular flexibility index (Phi) is 5.69. The molecule has 1 unspecified atom stereocenters. The van der Waals surface area contributed by atoms with Gasteiger partial charge in [0.1, 0.15) is 11.6 Å². The van der Waals surface area contributed by atoms with Crippen LogP contribution in [-0.4, -0.2) is 33.7 Å². The zero-order valence-corrected chi connectivity index (χ0v) is 12.1. The molecule has 1 atom stereocenters. The number of nitrogens with zero attached hydrogens (tertiary/aromatic N) is 2. The molecule has 0 saturated heterocycles. The minimum absolute atomic E-state index is 0.0337. The van der Waals surface area contributed by atoms with E-state index in [1.165, 1.54) is 12.1 Å². The van der Waals surface area contributed by atoms with E-state index in [0.29, 0.717) is 31.1 Å². The molecule has 3 N–H and O–H groups in total. The van der Waals surface area contributed by atoms with Crippen molar-refractivity contribution in [3.8, 4) is 0 Å². The van der Waals surface area contributed by atoms with Gasteiger partial charge >= 0.3 is 0 Å². The fourth-order valence-corrected chi connectivity index (χ4v) is 1.89. The Balaban J connectivity index is 2.85. The fourth-order valence-electron chi connectivity index (χ4n) is 1.89. The molecule has 0 aromatic carbocycles. The van der Waals surface area contributed by atoms with Crippen molar-refractivity contribution in [2.45, 2.75) is 39.2 Å². The van der Waals surface area contributed by atoms with Crippen LogP contribution < -0.4 is 10.6 Å². The van der Waals surface area contributed by atoms with Crippen LogP contribution in [-0.2, 0) is 0 Å². The monoisotopic (exact) mass is 282 g/mol. The highest BCUT2D eigenvalue weighted by molar-refractivity contribution is 5.54. The van der Waals surface area contributed by atoms with Crippen LogP contribution in [0.15, 0.2) is 12.1 Å². The number of nitrogens with one attached hydrogen (secondary N) is 2. The molecule has 0 aliphatic rings. The first-order valence-corrected chi connectivity index (χ1v) is 6.74. The van der Waals surface area contributed by atoms with Gasteiger partial charge in [-0.25, -0.2) is 4.98 Å². The van der Waals surface area contributed by atoms with E-state index in [1.807, 2.05) is 13.8 Å². The van der Waals surface area contributed by atoms with Crippen LogP contribution in [0.5, 0.6) is 0 Å². The molecule has 1 aromatic heterocycles. The summed E-state index contributed by atoms with van der Waals surface area (Å²) in [5.41, 5.74) is -0.895. The van der Waals surface area contributed by atoms with Crippen molar-refractivity contribution in [1.29, 1.82) is 0 Å². The molecule has 0 amide bonds. The van der Waals surface area contributed by atoms with Gasteiger partial charge in [-0.2, -0.15) is 0 Å². The number of rotatable bonds is 8. The minimum atomic E-state index is -0.862. The van der Waals surface area contributed by atoms with Gasteiger partial charge in [0, 0.05) is 13.1 Å². The Bertz CT molecular complexity index is 463. The van der Waals surface area contributed by atoms with Gasteiger partial charge in [-0.05, 0) is 20.3 Å². The second kappa shape index (κ2) is 7.04. The van der Waals surface area contributed by atoms with Crippen LogP contribution in [0, 0.1) is 10.1 Å². The highest BCUT2D eigenvalue weighted by Gasteiger charge is 2.19. The third-order valence-electron chi connectivity index (χ3n) is 2.82. The molecular weight excluding hydrogens is 260 g/mol. The van der Waals surface area contributed by atoms with E-state index in [-0.39, 0.29) is 5.69 Å². The second-order valence-corrected chi connectivity index (χ2v) is 4.98. The summed E-state index contributed by atoms with van der Waals surface area (Å²) in [6.45, 7) is 6.52. The highest BCUT2D eigenvalue weighted by atomic mass is 16.6. The molecule has 7 nitrogen and oxygen atoms in total. The molecular formula is C13H22N4O3. The topological polar surface area (TPSA) is 100 Å². The predicted octanol–water partition coefficient (Wildman–Crippen LogP) is 2.38. The summed E-state index contributed by atoms with van der Waals surface area (Å²) >= 11 is 0. The SMILES string of the molecule is CCCC(C)(O)CNc1cc([N+](=O)[O-])cc(NCC)n1. The molecule has 0 fully saturated rings. The van der Waals surface area contributed by atoms with Gasteiger partial charge in [0.2, 0.25) is 0 Å². The number of aliphatic hydroxyl groups is 1. The Morgan fingerprint density at radius 3 is 2.45 bits per heavy atom. The molecule has 1 heterocycles. The first kappa shape index (κ1) is 16.2. The molecule has 7 heteroatoms.